The third kappa shape index (κ3) is 4.45. The fourth-order valence-electron chi connectivity index (χ4n) is 3.54. The number of nitrogens with zero attached hydrogens (tertiary/aromatic N) is 2. The predicted molar refractivity (Wildman–Crippen MR) is 102 cm³/mol. The maximum absolute atomic E-state index is 12.6. The summed E-state index contributed by atoms with van der Waals surface area (Å²) in [4.78, 5) is 0.170. The lowest BCUT2D eigenvalue weighted by Gasteiger charge is -2.39. The molecule has 0 bridgehead atoms. The van der Waals surface area contributed by atoms with Gasteiger partial charge in [0.1, 0.15) is 5.75 Å². The molecule has 1 aromatic rings. The maximum Gasteiger partial charge on any atom is 0.279 e. The molecule has 3 rings (SSSR count). The SMILES string of the molecule is COc1ccc(S(=O)(=O)N2CC(NS(=O)(=O)N(C)C3CCCCC3)C2)cc1. The van der Waals surface area contributed by atoms with Crippen LogP contribution in [0.1, 0.15) is 32.1 Å². The highest BCUT2D eigenvalue weighted by atomic mass is 32.2. The highest BCUT2D eigenvalue weighted by Gasteiger charge is 2.40. The van der Waals surface area contributed by atoms with Crippen LogP contribution >= 0.6 is 0 Å². The number of nitrogens with one attached hydrogen (secondary N) is 1. The topological polar surface area (TPSA) is 96.0 Å². The molecular formula is C17H27N3O5S2. The number of hydrogen-bond donors (Lipinski definition) is 1. The van der Waals surface area contributed by atoms with Crippen LogP contribution in [0.15, 0.2) is 29.2 Å². The summed E-state index contributed by atoms with van der Waals surface area (Å²) in [5.41, 5.74) is 0. The fourth-order valence-corrected chi connectivity index (χ4v) is 6.41. The van der Waals surface area contributed by atoms with Gasteiger partial charge in [-0.3, -0.25) is 0 Å². The smallest absolute Gasteiger partial charge is 0.279 e. The molecule has 0 radical (unpaired) electrons. The molecule has 0 atom stereocenters. The van der Waals surface area contributed by atoms with E-state index in [1.54, 1.807) is 19.2 Å². The molecule has 8 nitrogen and oxygen atoms in total. The Hall–Kier alpha value is -1.20. The van der Waals surface area contributed by atoms with Crippen molar-refractivity contribution in [2.45, 2.75) is 49.1 Å². The molecule has 2 aliphatic rings. The molecule has 27 heavy (non-hydrogen) atoms. The van der Waals surface area contributed by atoms with E-state index in [-0.39, 0.29) is 24.0 Å². The molecule has 0 unspecified atom stereocenters. The summed E-state index contributed by atoms with van der Waals surface area (Å²) in [6.07, 6.45) is 4.99. The predicted octanol–water partition coefficient (Wildman–Crippen LogP) is 1.17. The van der Waals surface area contributed by atoms with Crippen LogP contribution in [0.25, 0.3) is 0 Å². The Balaban J connectivity index is 1.58. The molecule has 1 aromatic carbocycles. The third-order valence-corrected chi connectivity index (χ3v) is 8.86. The standard InChI is InChI=1S/C17H27N3O5S2/c1-19(15-6-4-3-5-7-15)27(23,24)18-14-12-20(13-14)26(21,22)17-10-8-16(25-2)9-11-17/h8-11,14-15,18H,3-7,12-13H2,1-2H3. The Kier molecular flexibility index (Phi) is 6.11. The van der Waals surface area contributed by atoms with Crippen LogP contribution in [0.2, 0.25) is 0 Å². The molecule has 0 aromatic heterocycles. The average Bonchev–Trinajstić information content (AvgIpc) is 2.64. The molecule has 10 heteroatoms. The molecule has 2 fully saturated rings. The molecule has 1 N–H and O–H groups in total. The first-order valence-electron chi connectivity index (χ1n) is 9.13. The summed E-state index contributed by atoms with van der Waals surface area (Å²) < 4.78 is 60.7. The highest BCUT2D eigenvalue weighted by Crippen LogP contribution is 2.26. The second kappa shape index (κ2) is 8.04. The summed E-state index contributed by atoms with van der Waals surface area (Å²) in [7, 11) is -4.13. The van der Waals surface area contributed by atoms with E-state index in [0.717, 1.165) is 32.1 Å². The van der Waals surface area contributed by atoms with Crippen LogP contribution in [-0.4, -0.2) is 64.8 Å². The van der Waals surface area contributed by atoms with Gasteiger partial charge in [-0.25, -0.2) is 8.42 Å². The zero-order valence-electron chi connectivity index (χ0n) is 15.7. The molecule has 152 valence electrons. The van der Waals surface area contributed by atoms with Gasteiger partial charge in [0.2, 0.25) is 10.0 Å². The van der Waals surface area contributed by atoms with E-state index in [2.05, 4.69) is 4.72 Å². The minimum atomic E-state index is -3.63. The van der Waals surface area contributed by atoms with Gasteiger partial charge >= 0.3 is 0 Å². The van der Waals surface area contributed by atoms with E-state index in [9.17, 15) is 16.8 Å². The lowest BCUT2D eigenvalue weighted by atomic mass is 9.96. The third-order valence-electron chi connectivity index (χ3n) is 5.33. The van der Waals surface area contributed by atoms with Gasteiger partial charge in [0.15, 0.2) is 0 Å². The maximum atomic E-state index is 12.6. The number of hydrogen-bond acceptors (Lipinski definition) is 5. The number of methoxy groups -OCH3 is 1. The lowest BCUT2D eigenvalue weighted by Crippen LogP contribution is -2.62. The highest BCUT2D eigenvalue weighted by molar-refractivity contribution is 7.89. The number of rotatable bonds is 7. The monoisotopic (exact) mass is 417 g/mol. The van der Waals surface area contributed by atoms with E-state index in [1.807, 2.05) is 0 Å². The Morgan fingerprint density at radius 2 is 1.63 bits per heavy atom. The van der Waals surface area contributed by atoms with Gasteiger partial charge in [0.25, 0.3) is 10.2 Å². The number of benzene rings is 1. The molecule has 1 saturated heterocycles. The van der Waals surface area contributed by atoms with E-state index in [4.69, 9.17) is 4.74 Å². The van der Waals surface area contributed by atoms with Crippen molar-refractivity contribution < 1.29 is 21.6 Å². The summed E-state index contributed by atoms with van der Waals surface area (Å²) in [5.74, 6) is 0.578. The van der Waals surface area contributed by atoms with Gasteiger partial charge in [0, 0.05) is 26.2 Å². The summed E-state index contributed by atoms with van der Waals surface area (Å²) in [6.45, 7) is 0.262. The first-order chi connectivity index (χ1) is 12.7. The molecule has 1 aliphatic heterocycles. The van der Waals surface area contributed by atoms with E-state index in [1.165, 1.54) is 27.9 Å². The van der Waals surface area contributed by atoms with Gasteiger partial charge < -0.3 is 4.74 Å². The molecule has 0 amide bonds. The number of ether oxygens (including phenoxy) is 1. The number of sulfonamides is 1. The van der Waals surface area contributed by atoms with Crippen molar-refractivity contribution in [3.63, 3.8) is 0 Å². The minimum Gasteiger partial charge on any atom is -0.497 e. The fraction of sp³-hybridized carbons (Fsp3) is 0.647. The van der Waals surface area contributed by atoms with Crippen LogP contribution < -0.4 is 9.46 Å². The van der Waals surface area contributed by atoms with Gasteiger partial charge in [-0.15, -0.1) is 0 Å². The van der Waals surface area contributed by atoms with Crippen LogP contribution in [0.4, 0.5) is 0 Å². The zero-order valence-corrected chi connectivity index (χ0v) is 17.3. The first kappa shape index (κ1) is 20.5. The van der Waals surface area contributed by atoms with Crippen LogP contribution in [-0.2, 0) is 20.2 Å². The van der Waals surface area contributed by atoms with Gasteiger partial charge in [-0.05, 0) is 37.1 Å². The molecule has 0 spiro atoms. The van der Waals surface area contributed by atoms with Crippen molar-refractivity contribution in [1.82, 2.24) is 13.3 Å². The van der Waals surface area contributed by atoms with E-state index in [0.29, 0.717) is 5.75 Å². The molecule has 1 saturated carbocycles. The lowest BCUT2D eigenvalue weighted by molar-refractivity contribution is 0.237. The first-order valence-corrected chi connectivity index (χ1v) is 12.0. The Morgan fingerprint density at radius 1 is 1.04 bits per heavy atom. The summed E-state index contributed by atoms with van der Waals surface area (Å²) in [5, 5.41) is 0. The zero-order chi connectivity index (χ0) is 19.7. The Bertz CT molecular complexity index is 843. The molecular weight excluding hydrogens is 390 g/mol. The van der Waals surface area contributed by atoms with E-state index < -0.39 is 26.3 Å². The van der Waals surface area contributed by atoms with E-state index >= 15 is 0 Å². The van der Waals surface area contributed by atoms with Crippen molar-refractivity contribution in [3.05, 3.63) is 24.3 Å². The van der Waals surface area contributed by atoms with Crippen molar-refractivity contribution in [3.8, 4) is 5.75 Å². The van der Waals surface area contributed by atoms with Crippen molar-refractivity contribution in [1.29, 1.82) is 0 Å². The summed E-state index contributed by atoms with van der Waals surface area (Å²) >= 11 is 0. The molecule has 1 aliphatic carbocycles. The Morgan fingerprint density at radius 3 is 2.19 bits per heavy atom. The van der Waals surface area contributed by atoms with Gasteiger partial charge in [-0.2, -0.15) is 21.8 Å². The van der Waals surface area contributed by atoms with Gasteiger partial charge in [-0.1, -0.05) is 19.3 Å². The average molecular weight is 418 g/mol. The largest absolute Gasteiger partial charge is 0.497 e. The van der Waals surface area contributed by atoms with Gasteiger partial charge in [0.05, 0.1) is 18.0 Å². The van der Waals surface area contributed by atoms with Crippen molar-refractivity contribution in [2.24, 2.45) is 0 Å². The normalized spacial score (nSPS) is 20.6. The summed E-state index contributed by atoms with van der Waals surface area (Å²) in [6, 6.07) is 5.77. The van der Waals surface area contributed by atoms with Crippen molar-refractivity contribution >= 4 is 20.2 Å². The Labute approximate surface area is 161 Å². The second-order valence-corrected chi connectivity index (χ2v) is 10.8. The molecule has 1 heterocycles. The van der Waals surface area contributed by atoms with Crippen LogP contribution in [0, 0.1) is 0 Å². The van der Waals surface area contributed by atoms with Crippen LogP contribution in [0.5, 0.6) is 5.75 Å². The minimum absolute atomic E-state index is 0.0236. The quantitative estimate of drug-likeness (QED) is 0.718. The van der Waals surface area contributed by atoms with Crippen molar-refractivity contribution in [2.75, 3.05) is 27.2 Å². The second-order valence-electron chi connectivity index (χ2n) is 7.13. The van der Waals surface area contributed by atoms with Crippen LogP contribution in [0.3, 0.4) is 0 Å².